The minimum Gasteiger partial charge on any atom is -0.450 e. The molecular formula is C14H23N3O3. The number of ether oxygens (including phenoxy) is 1. The Morgan fingerprint density at radius 3 is 2.75 bits per heavy atom. The highest BCUT2D eigenvalue weighted by atomic mass is 16.6. The van der Waals surface area contributed by atoms with Gasteiger partial charge in [0.15, 0.2) is 0 Å². The van der Waals surface area contributed by atoms with Crippen LogP contribution in [0.4, 0.5) is 4.79 Å². The molecule has 3 fully saturated rings. The molecule has 1 heterocycles. The number of hydrogen-bond acceptors (Lipinski definition) is 5. The number of hydrogen-bond donors (Lipinski definition) is 1. The minimum absolute atomic E-state index is 0.212. The molecule has 2 bridgehead atoms. The van der Waals surface area contributed by atoms with Crippen LogP contribution < -0.4 is 0 Å². The van der Waals surface area contributed by atoms with E-state index in [0.29, 0.717) is 37.6 Å². The van der Waals surface area contributed by atoms with Gasteiger partial charge in [0.1, 0.15) is 0 Å². The Kier molecular flexibility index (Phi) is 3.83. The van der Waals surface area contributed by atoms with E-state index in [-0.39, 0.29) is 6.09 Å². The van der Waals surface area contributed by atoms with Crippen LogP contribution in [0.2, 0.25) is 0 Å². The number of piperazine rings is 1. The molecule has 3 atom stereocenters. The van der Waals surface area contributed by atoms with Crippen molar-refractivity contribution in [2.45, 2.75) is 32.2 Å². The molecule has 1 saturated heterocycles. The number of amides is 1. The zero-order valence-electron chi connectivity index (χ0n) is 12.0. The van der Waals surface area contributed by atoms with Crippen LogP contribution in [0.1, 0.15) is 26.2 Å². The highest BCUT2D eigenvalue weighted by Crippen LogP contribution is 2.45. The van der Waals surface area contributed by atoms with E-state index in [2.05, 4.69) is 10.1 Å². The van der Waals surface area contributed by atoms with E-state index < -0.39 is 0 Å². The van der Waals surface area contributed by atoms with E-state index in [1.54, 1.807) is 4.90 Å². The SMILES string of the molecule is CCOC(=O)N1CCN(C2/C(=N/O)C3CCC2C3)CC1. The van der Waals surface area contributed by atoms with Gasteiger partial charge in [-0.15, -0.1) is 0 Å². The summed E-state index contributed by atoms with van der Waals surface area (Å²) >= 11 is 0. The molecule has 2 aliphatic carbocycles. The Morgan fingerprint density at radius 2 is 2.10 bits per heavy atom. The Balaban J connectivity index is 1.60. The van der Waals surface area contributed by atoms with Gasteiger partial charge in [0, 0.05) is 32.1 Å². The lowest BCUT2D eigenvalue weighted by atomic mass is 9.91. The van der Waals surface area contributed by atoms with E-state index in [9.17, 15) is 10.0 Å². The predicted octanol–water partition coefficient (Wildman–Crippen LogP) is 1.39. The fraction of sp³-hybridized carbons (Fsp3) is 0.857. The normalized spacial score (nSPS) is 35.8. The topological polar surface area (TPSA) is 65.4 Å². The highest BCUT2D eigenvalue weighted by Gasteiger charge is 2.48. The average molecular weight is 281 g/mol. The zero-order valence-corrected chi connectivity index (χ0v) is 12.0. The summed E-state index contributed by atoms with van der Waals surface area (Å²) in [6.07, 6.45) is 3.37. The van der Waals surface area contributed by atoms with Gasteiger partial charge in [0.25, 0.3) is 0 Å². The summed E-state index contributed by atoms with van der Waals surface area (Å²) in [5, 5.41) is 12.9. The fourth-order valence-electron chi connectivity index (χ4n) is 4.08. The van der Waals surface area contributed by atoms with Crippen LogP contribution in [-0.2, 0) is 4.74 Å². The summed E-state index contributed by atoms with van der Waals surface area (Å²) in [7, 11) is 0. The van der Waals surface area contributed by atoms with Gasteiger partial charge in [-0.05, 0) is 32.1 Å². The van der Waals surface area contributed by atoms with Crippen LogP contribution >= 0.6 is 0 Å². The van der Waals surface area contributed by atoms with E-state index in [1.165, 1.54) is 19.3 Å². The standard InChI is InChI=1S/C14H23N3O3/c1-2-20-14(18)17-7-5-16(6-8-17)13-11-4-3-10(9-11)12(13)15-19/h10-11,13,19H,2-9H2,1H3/b15-12+. The van der Waals surface area contributed by atoms with Crippen LogP contribution in [0.3, 0.4) is 0 Å². The number of rotatable bonds is 2. The largest absolute Gasteiger partial charge is 0.450 e. The third-order valence-electron chi connectivity index (χ3n) is 4.99. The molecule has 3 aliphatic rings. The summed E-state index contributed by atoms with van der Waals surface area (Å²) < 4.78 is 5.04. The van der Waals surface area contributed by atoms with Crippen molar-refractivity contribution >= 4 is 11.8 Å². The van der Waals surface area contributed by atoms with Crippen molar-refractivity contribution < 1.29 is 14.7 Å². The van der Waals surface area contributed by atoms with Crippen molar-refractivity contribution in [3.63, 3.8) is 0 Å². The number of carbonyl (C=O) groups is 1. The monoisotopic (exact) mass is 281 g/mol. The van der Waals surface area contributed by atoms with Gasteiger partial charge in [-0.3, -0.25) is 4.90 Å². The maximum Gasteiger partial charge on any atom is 0.409 e. The van der Waals surface area contributed by atoms with Gasteiger partial charge < -0.3 is 14.8 Å². The molecule has 1 amide bonds. The first-order valence-corrected chi connectivity index (χ1v) is 7.62. The third-order valence-corrected chi connectivity index (χ3v) is 4.99. The van der Waals surface area contributed by atoms with Crippen molar-refractivity contribution in [2.75, 3.05) is 32.8 Å². The average Bonchev–Trinajstić information content (AvgIpc) is 3.08. The van der Waals surface area contributed by atoms with Crippen LogP contribution in [0, 0.1) is 11.8 Å². The maximum atomic E-state index is 11.7. The fourth-order valence-corrected chi connectivity index (χ4v) is 4.08. The molecule has 0 aromatic carbocycles. The van der Waals surface area contributed by atoms with E-state index in [0.717, 1.165) is 18.8 Å². The van der Waals surface area contributed by atoms with E-state index in [4.69, 9.17) is 4.74 Å². The van der Waals surface area contributed by atoms with Gasteiger partial charge in [-0.1, -0.05) is 5.16 Å². The van der Waals surface area contributed by atoms with Gasteiger partial charge >= 0.3 is 6.09 Å². The lowest BCUT2D eigenvalue weighted by molar-refractivity contribution is 0.0678. The van der Waals surface area contributed by atoms with Gasteiger partial charge in [0.05, 0.1) is 18.4 Å². The lowest BCUT2D eigenvalue weighted by Crippen LogP contribution is -2.55. The first-order chi connectivity index (χ1) is 9.74. The highest BCUT2D eigenvalue weighted by molar-refractivity contribution is 5.94. The van der Waals surface area contributed by atoms with Crippen molar-refractivity contribution in [2.24, 2.45) is 17.0 Å². The smallest absolute Gasteiger partial charge is 0.409 e. The number of fused-ring (bicyclic) bond motifs is 2. The molecular weight excluding hydrogens is 258 g/mol. The molecule has 3 rings (SSSR count). The first kappa shape index (κ1) is 13.7. The maximum absolute atomic E-state index is 11.7. The lowest BCUT2D eigenvalue weighted by Gasteiger charge is -2.40. The molecule has 6 nitrogen and oxygen atoms in total. The van der Waals surface area contributed by atoms with Crippen molar-refractivity contribution in [1.29, 1.82) is 0 Å². The molecule has 2 saturated carbocycles. The van der Waals surface area contributed by atoms with E-state index >= 15 is 0 Å². The second-order valence-corrected chi connectivity index (χ2v) is 5.96. The van der Waals surface area contributed by atoms with Crippen LogP contribution in [0.15, 0.2) is 5.16 Å². The van der Waals surface area contributed by atoms with Gasteiger partial charge in [-0.2, -0.15) is 0 Å². The summed E-state index contributed by atoms with van der Waals surface area (Å²) in [6, 6.07) is 0.295. The van der Waals surface area contributed by atoms with Crippen molar-refractivity contribution in [3.8, 4) is 0 Å². The quantitative estimate of drug-likeness (QED) is 0.613. The molecule has 0 radical (unpaired) electrons. The van der Waals surface area contributed by atoms with Gasteiger partial charge in [0.2, 0.25) is 0 Å². The molecule has 3 unspecified atom stereocenters. The van der Waals surface area contributed by atoms with Crippen molar-refractivity contribution in [3.05, 3.63) is 0 Å². The Labute approximate surface area is 119 Å². The molecule has 1 N–H and O–H groups in total. The second-order valence-electron chi connectivity index (χ2n) is 5.96. The van der Waals surface area contributed by atoms with E-state index in [1.807, 2.05) is 6.92 Å². The molecule has 0 spiro atoms. The summed E-state index contributed by atoms with van der Waals surface area (Å²) in [5.74, 6) is 1.12. The molecule has 20 heavy (non-hydrogen) atoms. The molecule has 0 aromatic heterocycles. The Bertz CT molecular complexity index is 404. The Morgan fingerprint density at radius 1 is 1.35 bits per heavy atom. The number of nitrogens with zero attached hydrogens (tertiary/aromatic N) is 3. The first-order valence-electron chi connectivity index (χ1n) is 7.62. The van der Waals surface area contributed by atoms with Crippen LogP contribution in [0.25, 0.3) is 0 Å². The Hall–Kier alpha value is -1.30. The molecule has 6 heteroatoms. The van der Waals surface area contributed by atoms with Crippen LogP contribution in [-0.4, -0.2) is 65.6 Å². The van der Waals surface area contributed by atoms with Crippen molar-refractivity contribution in [1.82, 2.24) is 9.80 Å². The second kappa shape index (κ2) is 5.60. The summed E-state index contributed by atoms with van der Waals surface area (Å²) in [6.45, 7) is 5.33. The van der Waals surface area contributed by atoms with Gasteiger partial charge in [-0.25, -0.2) is 4.79 Å². The molecule has 0 aromatic rings. The number of carbonyl (C=O) groups excluding carboxylic acids is 1. The predicted molar refractivity (Wildman–Crippen MR) is 74.0 cm³/mol. The minimum atomic E-state index is -0.212. The summed E-state index contributed by atoms with van der Waals surface area (Å²) in [5.41, 5.74) is 0.978. The van der Waals surface area contributed by atoms with Crippen LogP contribution in [0.5, 0.6) is 0 Å². The summed E-state index contributed by atoms with van der Waals surface area (Å²) in [4.78, 5) is 15.8. The molecule has 112 valence electrons. The zero-order chi connectivity index (χ0) is 14.1. The number of oxime groups is 1. The molecule has 1 aliphatic heterocycles. The third kappa shape index (κ3) is 2.26.